The SMILES string of the molecule is O=C(O)C(=O)CC(=O)c1cc(S(=O)(=O)c2ccccc2)[nH]n1. The highest BCUT2D eigenvalue weighted by atomic mass is 32.2. The van der Waals surface area contributed by atoms with Gasteiger partial charge in [0.15, 0.2) is 10.8 Å². The summed E-state index contributed by atoms with van der Waals surface area (Å²) in [4.78, 5) is 33.1. The van der Waals surface area contributed by atoms with Gasteiger partial charge >= 0.3 is 5.97 Å². The standard InChI is InChI=1S/C13H10N2O6S/c16-10(7-11(17)13(18)19)9-6-12(15-14-9)22(20,21)8-4-2-1-3-5-8/h1-6H,7H2,(H,14,15)(H,18,19). The number of Topliss-reactive ketones (excluding diaryl/α,β-unsaturated/α-hetero) is 2. The van der Waals surface area contributed by atoms with E-state index < -0.39 is 33.8 Å². The molecule has 22 heavy (non-hydrogen) atoms. The molecule has 9 heteroatoms. The number of hydrogen-bond acceptors (Lipinski definition) is 6. The molecule has 0 radical (unpaired) electrons. The van der Waals surface area contributed by atoms with Gasteiger partial charge in [-0.1, -0.05) is 18.2 Å². The molecule has 0 fully saturated rings. The van der Waals surface area contributed by atoms with Gasteiger partial charge in [-0.15, -0.1) is 0 Å². The van der Waals surface area contributed by atoms with Crippen LogP contribution in [-0.4, -0.2) is 41.3 Å². The zero-order chi connectivity index (χ0) is 16.3. The van der Waals surface area contributed by atoms with Gasteiger partial charge in [0.05, 0.1) is 11.3 Å². The van der Waals surface area contributed by atoms with Gasteiger partial charge in [-0.3, -0.25) is 14.7 Å². The molecule has 0 saturated heterocycles. The average molecular weight is 322 g/mol. The van der Waals surface area contributed by atoms with E-state index in [9.17, 15) is 22.8 Å². The summed E-state index contributed by atoms with van der Waals surface area (Å²) in [5, 5.41) is 13.9. The number of sulfone groups is 1. The monoisotopic (exact) mass is 322 g/mol. The van der Waals surface area contributed by atoms with Gasteiger partial charge in [-0.05, 0) is 12.1 Å². The first-order valence-electron chi connectivity index (χ1n) is 5.97. The van der Waals surface area contributed by atoms with Gasteiger partial charge in [0, 0.05) is 6.07 Å². The van der Waals surface area contributed by atoms with Gasteiger partial charge in [0.25, 0.3) is 0 Å². The molecule has 0 atom stereocenters. The third-order valence-electron chi connectivity index (χ3n) is 2.74. The Hall–Kier alpha value is -2.81. The third-order valence-corrected chi connectivity index (χ3v) is 4.42. The van der Waals surface area contributed by atoms with Crippen LogP contribution in [0.4, 0.5) is 0 Å². The number of carbonyl (C=O) groups excluding carboxylic acids is 2. The summed E-state index contributed by atoms with van der Waals surface area (Å²) in [6.07, 6.45) is -0.884. The van der Waals surface area contributed by atoms with Crippen LogP contribution in [0.2, 0.25) is 0 Å². The first-order chi connectivity index (χ1) is 10.3. The topological polar surface area (TPSA) is 134 Å². The van der Waals surface area contributed by atoms with Crippen molar-refractivity contribution in [3.05, 3.63) is 42.1 Å². The lowest BCUT2D eigenvalue weighted by Gasteiger charge is -1.99. The summed E-state index contributed by atoms with van der Waals surface area (Å²) in [5.41, 5.74) is -0.316. The molecule has 0 aliphatic carbocycles. The number of ketones is 2. The molecule has 0 unspecified atom stereocenters. The Bertz CT molecular complexity index is 838. The van der Waals surface area contributed by atoms with E-state index in [1.165, 1.54) is 12.1 Å². The molecule has 1 heterocycles. The lowest BCUT2D eigenvalue weighted by molar-refractivity contribution is -0.148. The Labute approximate surface area is 124 Å². The first kappa shape index (κ1) is 15.6. The fourth-order valence-electron chi connectivity index (χ4n) is 1.62. The molecule has 0 spiro atoms. The van der Waals surface area contributed by atoms with Crippen LogP contribution in [-0.2, 0) is 19.4 Å². The maximum Gasteiger partial charge on any atom is 0.372 e. The summed E-state index contributed by atoms with van der Waals surface area (Å²) < 4.78 is 24.5. The molecule has 0 amide bonds. The van der Waals surface area contributed by atoms with Crippen molar-refractivity contribution in [2.24, 2.45) is 0 Å². The number of hydrogen-bond donors (Lipinski definition) is 2. The fourth-order valence-corrected chi connectivity index (χ4v) is 2.83. The molecule has 0 bridgehead atoms. The molecule has 1 aromatic heterocycles. The number of aromatic nitrogens is 2. The second-order valence-electron chi connectivity index (χ2n) is 4.26. The van der Waals surface area contributed by atoms with E-state index in [4.69, 9.17) is 5.11 Å². The largest absolute Gasteiger partial charge is 0.475 e. The van der Waals surface area contributed by atoms with E-state index in [-0.39, 0.29) is 15.6 Å². The van der Waals surface area contributed by atoms with E-state index in [0.29, 0.717) is 0 Å². The highest BCUT2D eigenvalue weighted by Gasteiger charge is 2.24. The van der Waals surface area contributed by atoms with Crippen LogP contribution in [0.15, 0.2) is 46.3 Å². The minimum Gasteiger partial charge on any atom is -0.475 e. The Morgan fingerprint density at radius 2 is 1.77 bits per heavy atom. The molecule has 2 aromatic rings. The summed E-state index contributed by atoms with van der Waals surface area (Å²) in [7, 11) is -3.87. The number of carboxylic acid groups (broad SMARTS) is 1. The van der Waals surface area contributed by atoms with Crippen LogP contribution in [0.1, 0.15) is 16.9 Å². The van der Waals surface area contributed by atoms with Crippen molar-refractivity contribution in [2.45, 2.75) is 16.3 Å². The van der Waals surface area contributed by atoms with Crippen LogP contribution in [0, 0.1) is 0 Å². The van der Waals surface area contributed by atoms with Crippen molar-refractivity contribution >= 4 is 27.4 Å². The predicted octanol–water partition coefficient (Wildman–Crippen LogP) is 0.469. The first-order valence-corrected chi connectivity index (χ1v) is 7.45. The number of H-pyrrole nitrogens is 1. The lowest BCUT2D eigenvalue weighted by Crippen LogP contribution is -2.17. The van der Waals surface area contributed by atoms with Crippen molar-refractivity contribution in [3.63, 3.8) is 0 Å². The number of nitrogens with one attached hydrogen (secondary N) is 1. The van der Waals surface area contributed by atoms with Crippen LogP contribution >= 0.6 is 0 Å². The molecule has 1 aromatic carbocycles. The highest BCUT2D eigenvalue weighted by molar-refractivity contribution is 7.91. The molecule has 0 aliphatic heterocycles. The van der Waals surface area contributed by atoms with Crippen molar-refractivity contribution in [2.75, 3.05) is 0 Å². The summed E-state index contributed by atoms with van der Waals surface area (Å²) >= 11 is 0. The number of carboxylic acids is 1. The second kappa shape index (κ2) is 5.90. The Kier molecular flexibility index (Phi) is 4.18. The highest BCUT2D eigenvalue weighted by Crippen LogP contribution is 2.19. The number of aromatic amines is 1. The maximum atomic E-state index is 12.3. The molecular formula is C13H10N2O6S. The van der Waals surface area contributed by atoms with Gasteiger partial charge in [-0.2, -0.15) is 5.10 Å². The van der Waals surface area contributed by atoms with Crippen LogP contribution in [0.25, 0.3) is 0 Å². The Morgan fingerprint density at radius 3 is 2.36 bits per heavy atom. The normalized spacial score (nSPS) is 11.1. The predicted molar refractivity (Wildman–Crippen MR) is 72.1 cm³/mol. The average Bonchev–Trinajstić information content (AvgIpc) is 2.98. The lowest BCUT2D eigenvalue weighted by atomic mass is 10.1. The smallest absolute Gasteiger partial charge is 0.372 e. The van der Waals surface area contributed by atoms with Crippen LogP contribution in [0.3, 0.4) is 0 Å². The zero-order valence-corrected chi connectivity index (χ0v) is 11.8. The minimum absolute atomic E-state index is 0.0132. The maximum absolute atomic E-state index is 12.3. The third kappa shape index (κ3) is 3.09. The number of nitrogens with zero attached hydrogens (tertiary/aromatic N) is 1. The zero-order valence-electron chi connectivity index (χ0n) is 11.0. The quantitative estimate of drug-likeness (QED) is 0.448. The molecule has 114 valence electrons. The van der Waals surface area contributed by atoms with Crippen molar-refractivity contribution in [3.8, 4) is 0 Å². The molecule has 2 N–H and O–H groups in total. The summed E-state index contributed by atoms with van der Waals surface area (Å²) in [6, 6.07) is 8.47. The Balaban J connectivity index is 2.27. The van der Waals surface area contributed by atoms with Gasteiger partial charge in [0.2, 0.25) is 15.6 Å². The number of rotatable bonds is 6. The van der Waals surface area contributed by atoms with Gasteiger partial charge < -0.3 is 5.11 Å². The van der Waals surface area contributed by atoms with Crippen molar-refractivity contribution in [1.82, 2.24) is 10.2 Å². The molecule has 8 nitrogen and oxygen atoms in total. The van der Waals surface area contributed by atoms with Crippen LogP contribution in [0.5, 0.6) is 0 Å². The number of aliphatic carboxylic acids is 1. The second-order valence-corrected chi connectivity index (χ2v) is 6.18. The van der Waals surface area contributed by atoms with Gasteiger partial charge in [-0.25, -0.2) is 13.2 Å². The Morgan fingerprint density at radius 1 is 1.14 bits per heavy atom. The van der Waals surface area contributed by atoms with Crippen molar-refractivity contribution in [1.29, 1.82) is 0 Å². The molecule has 0 saturated carbocycles. The minimum atomic E-state index is -3.87. The summed E-state index contributed by atoms with van der Waals surface area (Å²) in [6.45, 7) is 0. The number of carbonyl (C=O) groups is 3. The van der Waals surface area contributed by atoms with E-state index in [1.807, 2.05) is 0 Å². The van der Waals surface area contributed by atoms with E-state index in [2.05, 4.69) is 10.2 Å². The van der Waals surface area contributed by atoms with E-state index in [0.717, 1.165) is 6.07 Å². The van der Waals surface area contributed by atoms with Crippen molar-refractivity contribution < 1.29 is 27.9 Å². The number of benzene rings is 1. The van der Waals surface area contributed by atoms with Crippen LogP contribution < -0.4 is 0 Å². The fraction of sp³-hybridized carbons (Fsp3) is 0.0769. The molecule has 2 rings (SSSR count). The van der Waals surface area contributed by atoms with Gasteiger partial charge in [0.1, 0.15) is 5.69 Å². The van der Waals surface area contributed by atoms with E-state index >= 15 is 0 Å². The molecule has 0 aliphatic rings. The molecular weight excluding hydrogens is 312 g/mol. The summed E-state index contributed by atoms with van der Waals surface area (Å²) in [5.74, 6) is -3.90. The van der Waals surface area contributed by atoms with E-state index in [1.54, 1.807) is 18.2 Å².